The Morgan fingerprint density at radius 2 is 2.43 bits per heavy atom. The quantitative estimate of drug-likeness (QED) is 0.596. The van der Waals surface area contributed by atoms with Crippen molar-refractivity contribution >= 4 is 23.1 Å². The first-order chi connectivity index (χ1) is 10.1. The predicted molar refractivity (Wildman–Crippen MR) is 77.7 cm³/mol. The van der Waals surface area contributed by atoms with E-state index in [2.05, 4.69) is 4.98 Å². The largest absolute Gasteiger partial charge is 0.458 e. The second kappa shape index (κ2) is 7.14. The lowest BCUT2D eigenvalue weighted by molar-refractivity contribution is -0.148. The molecule has 0 fully saturated rings. The molecule has 5 nitrogen and oxygen atoms in total. The van der Waals surface area contributed by atoms with E-state index in [0.717, 1.165) is 18.5 Å². The number of carbonyl (C=O) groups is 2. The van der Waals surface area contributed by atoms with Gasteiger partial charge in [-0.3, -0.25) is 9.59 Å². The van der Waals surface area contributed by atoms with E-state index in [1.807, 2.05) is 18.2 Å². The summed E-state index contributed by atoms with van der Waals surface area (Å²) in [4.78, 5) is 27.8. The van der Waals surface area contributed by atoms with Crippen LogP contribution < -0.4 is 0 Å². The number of nitrogens with zero attached hydrogens (tertiary/aromatic N) is 2. The highest BCUT2D eigenvalue weighted by Crippen LogP contribution is 2.22. The molecule has 0 bridgehead atoms. The fraction of sp³-hybridized carbons (Fsp3) is 0.467. The maximum absolute atomic E-state index is 12.0. The lowest BCUT2D eigenvalue weighted by Gasteiger charge is -2.09. The van der Waals surface area contributed by atoms with Crippen LogP contribution in [0.4, 0.5) is 0 Å². The third-order valence-electron chi connectivity index (χ3n) is 3.25. The number of allylic oxidation sites excluding steroid dienone is 2. The molecule has 2 rings (SSSR count). The molecule has 0 amide bonds. The van der Waals surface area contributed by atoms with Gasteiger partial charge in [0.2, 0.25) is 0 Å². The van der Waals surface area contributed by atoms with Crippen LogP contribution in [0.2, 0.25) is 0 Å². The van der Waals surface area contributed by atoms with E-state index in [0.29, 0.717) is 5.01 Å². The van der Waals surface area contributed by atoms with E-state index in [-0.39, 0.29) is 18.9 Å². The van der Waals surface area contributed by atoms with Crippen molar-refractivity contribution in [2.24, 2.45) is 5.92 Å². The van der Waals surface area contributed by atoms with Gasteiger partial charge < -0.3 is 4.74 Å². The number of ketones is 1. The highest BCUT2D eigenvalue weighted by atomic mass is 32.1. The highest BCUT2D eigenvalue weighted by molar-refractivity contribution is 7.09. The molecule has 0 aromatic carbocycles. The summed E-state index contributed by atoms with van der Waals surface area (Å²) >= 11 is 1.27. The minimum absolute atomic E-state index is 0.209. The van der Waals surface area contributed by atoms with Crippen molar-refractivity contribution in [1.82, 2.24) is 4.98 Å². The molecule has 1 aromatic rings. The van der Waals surface area contributed by atoms with Gasteiger partial charge in [-0.2, -0.15) is 5.26 Å². The SMILES string of the molecule is Cc1csc([C@@H](C#N)C(=O)COC(=O)C[C@@H]2C=CCC2)n1. The fourth-order valence-corrected chi connectivity index (χ4v) is 3.00. The Bertz CT molecular complexity index is 600. The van der Waals surface area contributed by atoms with Gasteiger partial charge in [-0.25, -0.2) is 4.98 Å². The van der Waals surface area contributed by atoms with Gasteiger partial charge in [-0.15, -0.1) is 11.3 Å². The van der Waals surface area contributed by atoms with Crippen LogP contribution in [-0.4, -0.2) is 23.3 Å². The van der Waals surface area contributed by atoms with E-state index in [9.17, 15) is 9.59 Å². The summed E-state index contributed by atoms with van der Waals surface area (Å²) in [6.07, 6.45) is 6.26. The Kier molecular flexibility index (Phi) is 5.23. The zero-order valence-corrected chi connectivity index (χ0v) is 12.6. The lowest BCUT2D eigenvalue weighted by Crippen LogP contribution is -2.20. The van der Waals surface area contributed by atoms with Crippen molar-refractivity contribution in [3.05, 3.63) is 28.2 Å². The van der Waals surface area contributed by atoms with Gasteiger partial charge in [-0.05, 0) is 25.7 Å². The number of nitriles is 1. The molecule has 1 heterocycles. The van der Waals surface area contributed by atoms with Gasteiger partial charge in [0, 0.05) is 11.1 Å². The normalized spacial score (nSPS) is 18.2. The molecule has 0 saturated heterocycles. The summed E-state index contributed by atoms with van der Waals surface area (Å²) in [5, 5.41) is 11.3. The maximum Gasteiger partial charge on any atom is 0.306 e. The van der Waals surface area contributed by atoms with Crippen molar-refractivity contribution in [2.75, 3.05) is 6.61 Å². The van der Waals surface area contributed by atoms with Gasteiger partial charge in [0.05, 0.1) is 12.5 Å². The lowest BCUT2D eigenvalue weighted by atomic mass is 10.1. The number of aryl methyl sites for hydroxylation is 1. The fourth-order valence-electron chi connectivity index (χ4n) is 2.14. The molecule has 1 aromatic heterocycles. The second-order valence-corrected chi connectivity index (χ2v) is 5.88. The third-order valence-corrected chi connectivity index (χ3v) is 4.28. The number of ether oxygens (including phenoxy) is 1. The van der Waals surface area contributed by atoms with Gasteiger partial charge in [0.25, 0.3) is 0 Å². The number of esters is 1. The average Bonchev–Trinajstić information content (AvgIpc) is 3.09. The molecule has 21 heavy (non-hydrogen) atoms. The van der Waals surface area contributed by atoms with Crippen molar-refractivity contribution < 1.29 is 14.3 Å². The molecular formula is C15H16N2O3S. The number of hydrogen-bond donors (Lipinski definition) is 0. The minimum atomic E-state index is -0.956. The molecule has 0 aliphatic heterocycles. The summed E-state index contributed by atoms with van der Waals surface area (Å²) in [5.41, 5.74) is 0.771. The van der Waals surface area contributed by atoms with Crippen LogP contribution in [0.3, 0.4) is 0 Å². The molecule has 2 atom stereocenters. The first-order valence-corrected chi connectivity index (χ1v) is 7.64. The van der Waals surface area contributed by atoms with Gasteiger partial charge in [0.15, 0.2) is 18.3 Å². The van der Waals surface area contributed by atoms with Crippen molar-refractivity contribution in [3.8, 4) is 6.07 Å². The molecule has 6 heteroatoms. The second-order valence-electron chi connectivity index (χ2n) is 4.99. The smallest absolute Gasteiger partial charge is 0.306 e. The topological polar surface area (TPSA) is 80.0 Å². The molecule has 1 aliphatic rings. The van der Waals surface area contributed by atoms with E-state index in [1.54, 1.807) is 12.3 Å². The van der Waals surface area contributed by atoms with Gasteiger partial charge in [-0.1, -0.05) is 12.2 Å². The maximum atomic E-state index is 12.0. The van der Waals surface area contributed by atoms with E-state index in [1.165, 1.54) is 11.3 Å². The minimum Gasteiger partial charge on any atom is -0.458 e. The van der Waals surface area contributed by atoms with E-state index < -0.39 is 17.7 Å². The standard InChI is InChI=1S/C15H16N2O3S/c1-10-9-21-15(17-10)12(7-16)13(18)8-20-14(19)6-11-4-2-3-5-11/h2,4,9,11-12H,3,5-6,8H2,1H3/t11-,12+/m1/s1. The summed E-state index contributed by atoms with van der Waals surface area (Å²) in [6.45, 7) is 1.43. The Morgan fingerprint density at radius 1 is 1.62 bits per heavy atom. The van der Waals surface area contributed by atoms with Crippen molar-refractivity contribution in [2.45, 2.75) is 32.1 Å². The Balaban J connectivity index is 1.84. The van der Waals surface area contributed by atoms with E-state index in [4.69, 9.17) is 10.00 Å². The number of aromatic nitrogens is 1. The highest BCUT2D eigenvalue weighted by Gasteiger charge is 2.25. The van der Waals surface area contributed by atoms with Gasteiger partial charge in [0.1, 0.15) is 5.01 Å². The van der Waals surface area contributed by atoms with E-state index >= 15 is 0 Å². The van der Waals surface area contributed by atoms with Crippen LogP contribution in [0, 0.1) is 24.2 Å². The summed E-state index contributed by atoms with van der Waals surface area (Å²) in [6, 6.07) is 1.92. The number of carbonyl (C=O) groups excluding carboxylic acids is 2. The Labute approximate surface area is 127 Å². The van der Waals surface area contributed by atoms with Crippen LogP contribution in [0.1, 0.15) is 35.9 Å². The zero-order chi connectivity index (χ0) is 15.2. The molecule has 0 radical (unpaired) electrons. The third kappa shape index (κ3) is 4.23. The average molecular weight is 304 g/mol. The molecule has 0 unspecified atom stereocenters. The molecule has 0 saturated carbocycles. The van der Waals surface area contributed by atoms with Crippen LogP contribution in [0.15, 0.2) is 17.5 Å². The molecule has 0 spiro atoms. The van der Waals surface area contributed by atoms with Crippen LogP contribution in [0.5, 0.6) is 0 Å². The zero-order valence-electron chi connectivity index (χ0n) is 11.7. The summed E-state index contributed by atoms with van der Waals surface area (Å²) in [5.74, 6) is -1.57. The number of hydrogen-bond acceptors (Lipinski definition) is 6. The predicted octanol–water partition coefficient (Wildman–Crippen LogP) is 2.53. The monoisotopic (exact) mass is 304 g/mol. The summed E-state index contributed by atoms with van der Waals surface area (Å²) < 4.78 is 4.98. The van der Waals surface area contributed by atoms with Crippen molar-refractivity contribution in [1.29, 1.82) is 5.26 Å². The molecular weight excluding hydrogens is 288 g/mol. The van der Waals surface area contributed by atoms with Gasteiger partial charge >= 0.3 is 5.97 Å². The van der Waals surface area contributed by atoms with Crippen LogP contribution >= 0.6 is 11.3 Å². The summed E-state index contributed by atoms with van der Waals surface area (Å²) in [7, 11) is 0. The Morgan fingerprint density at radius 3 is 3.00 bits per heavy atom. The first-order valence-electron chi connectivity index (χ1n) is 6.76. The van der Waals surface area contributed by atoms with Crippen LogP contribution in [-0.2, 0) is 14.3 Å². The number of Topliss-reactive ketones (excluding diaryl/α,β-unsaturated/α-hetero) is 1. The van der Waals surface area contributed by atoms with Crippen LogP contribution in [0.25, 0.3) is 0 Å². The number of thiazole rings is 1. The Hall–Kier alpha value is -2.00. The molecule has 1 aliphatic carbocycles. The van der Waals surface area contributed by atoms with Crippen molar-refractivity contribution in [3.63, 3.8) is 0 Å². The number of rotatable bonds is 6. The molecule has 0 N–H and O–H groups in total. The first kappa shape index (κ1) is 15.4. The molecule has 110 valence electrons.